The zero-order valence-electron chi connectivity index (χ0n) is 16.5. The van der Waals surface area contributed by atoms with Gasteiger partial charge in [-0.05, 0) is 43.8 Å². The number of anilines is 1. The lowest BCUT2D eigenvalue weighted by atomic mass is 10.2. The molecule has 2 heterocycles. The molecule has 0 amide bonds. The zero-order valence-corrected chi connectivity index (χ0v) is 16.5. The Bertz CT molecular complexity index is 1090. The Morgan fingerprint density at radius 1 is 1.00 bits per heavy atom. The molecule has 0 saturated heterocycles. The summed E-state index contributed by atoms with van der Waals surface area (Å²) in [4.78, 5) is 2.26. The third-order valence-corrected chi connectivity index (χ3v) is 4.65. The number of hydrogen-bond acceptors (Lipinski definition) is 5. The van der Waals surface area contributed by atoms with Crippen molar-refractivity contribution in [1.29, 1.82) is 0 Å². The van der Waals surface area contributed by atoms with Gasteiger partial charge in [0.05, 0.1) is 5.56 Å². The zero-order chi connectivity index (χ0) is 20.2. The maximum atomic E-state index is 14.2. The van der Waals surface area contributed by atoms with E-state index in [0.717, 1.165) is 13.1 Å². The molecule has 4 rings (SSSR count). The Morgan fingerprint density at radius 3 is 2.55 bits per heavy atom. The van der Waals surface area contributed by atoms with E-state index >= 15 is 0 Å². The summed E-state index contributed by atoms with van der Waals surface area (Å²) in [6, 6.07) is 20.7. The van der Waals surface area contributed by atoms with E-state index in [1.807, 2.05) is 18.2 Å². The van der Waals surface area contributed by atoms with Gasteiger partial charge in [-0.15, -0.1) is 15.3 Å². The highest BCUT2D eigenvalue weighted by molar-refractivity contribution is 5.60. The second kappa shape index (κ2) is 8.36. The normalized spacial score (nSPS) is 12.4. The molecule has 0 bridgehead atoms. The largest absolute Gasteiger partial charge is 0.365 e. The number of aromatic nitrogens is 4. The first-order valence-electron chi connectivity index (χ1n) is 9.56. The van der Waals surface area contributed by atoms with Gasteiger partial charge in [0.25, 0.3) is 0 Å². The van der Waals surface area contributed by atoms with E-state index in [0.29, 0.717) is 22.9 Å². The molecule has 0 radical (unpaired) electrons. The molecule has 0 spiro atoms. The summed E-state index contributed by atoms with van der Waals surface area (Å²) in [6.45, 7) is 3.83. The lowest BCUT2D eigenvalue weighted by Crippen LogP contribution is -2.32. The highest BCUT2D eigenvalue weighted by Crippen LogP contribution is 2.21. The van der Waals surface area contributed by atoms with Crippen LogP contribution in [0, 0.1) is 5.82 Å². The predicted molar refractivity (Wildman–Crippen MR) is 112 cm³/mol. The molecular formula is C22H23FN6. The van der Waals surface area contributed by atoms with E-state index in [1.54, 1.807) is 22.7 Å². The van der Waals surface area contributed by atoms with Gasteiger partial charge in [0.2, 0.25) is 0 Å². The number of benzene rings is 2. The number of rotatable bonds is 7. The molecule has 2 aromatic carbocycles. The van der Waals surface area contributed by atoms with Crippen molar-refractivity contribution >= 4 is 11.5 Å². The molecule has 0 aliphatic carbocycles. The quantitative estimate of drug-likeness (QED) is 0.519. The molecule has 1 unspecified atom stereocenters. The van der Waals surface area contributed by atoms with Gasteiger partial charge in [0.1, 0.15) is 11.6 Å². The second-order valence-corrected chi connectivity index (χ2v) is 7.22. The smallest absolute Gasteiger partial charge is 0.188 e. The molecule has 2 aromatic heterocycles. The fourth-order valence-electron chi connectivity index (χ4n) is 3.40. The molecule has 7 heteroatoms. The Kier molecular flexibility index (Phi) is 5.48. The summed E-state index contributed by atoms with van der Waals surface area (Å²) >= 11 is 0. The summed E-state index contributed by atoms with van der Waals surface area (Å²) < 4.78 is 15.8. The SMILES string of the molecule is CC(CN(C)Cc1ccccc1)Nc1ccc2nnc(-c3ccccc3F)n2n1. The first-order chi connectivity index (χ1) is 14.1. The molecule has 4 aromatic rings. The van der Waals surface area contributed by atoms with Gasteiger partial charge in [-0.2, -0.15) is 4.52 Å². The third kappa shape index (κ3) is 4.41. The number of fused-ring (bicyclic) bond motifs is 1. The number of hydrogen-bond donors (Lipinski definition) is 1. The average molecular weight is 390 g/mol. The van der Waals surface area contributed by atoms with Gasteiger partial charge in [-0.3, -0.25) is 0 Å². The molecule has 0 aliphatic heterocycles. The molecule has 1 atom stereocenters. The lowest BCUT2D eigenvalue weighted by Gasteiger charge is -2.22. The molecule has 148 valence electrons. The number of likely N-dealkylation sites (N-methyl/N-ethyl adjacent to an activating group) is 1. The van der Waals surface area contributed by atoms with Crippen LogP contribution in [0.15, 0.2) is 66.7 Å². The summed E-state index contributed by atoms with van der Waals surface area (Å²) in [7, 11) is 2.10. The second-order valence-electron chi connectivity index (χ2n) is 7.22. The Hall–Kier alpha value is -3.32. The fourth-order valence-corrected chi connectivity index (χ4v) is 3.40. The Labute approximate surface area is 169 Å². The minimum absolute atomic E-state index is 0.169. The Balaban J connectivity index is 1.48. The summed E-state index contributed by atoms with van der Waals surface area (Å²) in [5, 5.41) is 16.2. The first-order valence-corrected chi connectivity index (χ1v) is 9.56. The van der Waals surface area contributed by atoms with Gasteiger partial charge < -0.3 is 10.2 Å². The number of nitrogens with zero attached hydrogens (tertiary/aromatic N) is 5. The summed E-state index contributed by atoms with van der Waals surface area (Å²) in [6.07, 6.45) is 0. The van der Waals surface area contributed by atoms with Gasteiger partial charge >= 0.3 is 0 Å². The molecule has 0 aliphatic rings. The molecule has 6 nitrogen and oxygen atoms in total. The summed E-state index contributed by atoms with van der Waals surface area (Å²) in [5.41, 5.74) is 2.23. The van der Waals surface area contributed by atoms with Crippen LogP contribution < -0.4 is 5.32 Å². The minimum atomic E-state index is -0.349. The predicted octanol–water partition coefficient (Wildman–Crippen LogP) is 3.86. The van der Waals surface area contributed by atoms with Crippen molar-refractivity contribution in [3.63, 3.8) is 0 Å². The van der Waals surface area contributed by atoms with Crippen molar-refractivity contribution in [3.8, 4) is 11.4 Å². The molecule has 1 N–H and O–H groups in total. The standard InChI is InChI=1S/C22H23FN6/c1-16(14-28(2)15-17-8-4-3-5-9-17)24-20-12-13-21-25-26-22(29(21)27-20)18-10-6-7-11-19(18)23/h3-13,16H,14-15H2,1-2H3,(H,24,27). The van der Waals surface area contributed by atoms with Gasteiger partial charge in [0.15, 0.2) is 11.5 Å². The highest BCUT2D eigenvalue weighted by Gasteiger charge is 2.14. The van der Waals surface area contributed by atoms with Crippen LogP contribution in [0.5, 0.6) is 0 Å². The van der Waals surface area contributed by atoms with Crippen LogP contribution in [0.3, 0.4) is 0 Å². The van der Waals surface area contributed by atoms with Crippen LogP contribution in [0.2, 0.25) is 0 Å². The number of nitrogens with one attached hydrogen (secondary N) is 1. The topological polar surface area (TPSA) is 58.3 Å². The van der Waals surface area contributed by atoms with Crippen molar-refractivity contribution in [2.45, 2.75) is 19.5 Å². The van der Waals surface area contributed by atoms with E-state index in [-0.39, 0.29) is 11.9 Å². The lowest BCUT2D eigenvalue weighted by molar-refractivity contribution is 0.316. The minimum Gasteiger partial charge on any atom is -0.365 e. The van der Waals surface area contributed by atoms with Crippen LogP contribution in [0.1, 0.15) is 12.5 Å². The van der Waals surface area contributed by atoms with Crippen LogP contribution >= 0.6 is 0 Å². The van der Waals surface area contributed by atoms with E-state index < -0.39 is 0 Å². The van der Waals surface area contributed by atoms with Gasteiger partial charge in [-0.1, -0.05) is 42.5 Å². The van der Waals surface area contributed by atoms with Crippen LogP contribution in [-0.2, 0) is 6.54 Å². The van der Waals surface area contributed by atoms with Crippen molar-refractivity contribution in [2.75, 3.05) is 18.9 Å². The summed E-state index contributed by atoms with van der Waals surface area (Å²) in [5.74, 6) is 0.726. The van der Waals surface area contributed by atoms with Crippen LogP contribution in [0.25, 0.3) is 17.0 Å². The maximum Gasteiger partial charge on any atom is 0.188 e. The first kappa shape index (κ1) is 19.0. The fraction of sp³-hybridized carbons (Fsp3) is 0.227. The van der Waals surface area contributed by atoms with Gasteiger partial charge in [0, 0.05) is 19.1 Å². The van der Waals surface area contributed by atoms with Crippen molar-refractivity contribution in [3.05, 3.63) is 78.1 Å². The van der Waals surface area contributed by atoms with Crippen molar-refractivity contribution < 1.29 is 4.39 Å². The van der Waals surface area contributed by atoms with E-state index in [2.05, 4.69) is 63.7 Å². The monoisotopic (exact) mass is 390 g/mol. The van der Waals surface area contributed by atoms with Gasteiger partial charge in [-0.25, -0.2) is 4.39 Å². The van der Waals surface area contributed by atoms with Crippen molar-refractivity contribution in [2.24, 2.45) is 0 Å². The highest BCUT2D eigenvalue weighted by atomic mass is 19.1. The van der Waals surface area contributed by atoms with E-state index in [4.69, 9.17) is 0 Å². The molecular weight excluding hydrogens is 367 g/mol. The maximum absolute atomic E-state index is 14.2. The van der Waals surface area contributed by atoms with E-state index in [9.17, 15) is 4.39 Å². The van der Waals surface area contributed by atoms with E-state index in [1.165, 1.54) is 11.6 Å². The third-order valence-electron chi connectivity index (χ3n) is 4.65. The number of halogens is 1. The Morgan fingerprint density at radius 2 is 1.76 bits per heavy atom. The van der Waals surface area contributed by atoms with Crippen LogP contribution in [-0.4, -0.2) is 44.3 Å². The average Bonchev–Trinajstić information content (AvgIpc) is 3.12. The molecule has 0 saturated carbocycles. The molecule has 0 fully saturated rings. The molecule has 29 heavy (non-hydrogen) atoms. The van der Waals surface area contributed by atoms with Crippen LogP contribution in [0.4, 0.5) is 10.2 Å². The van der Waals surface area contributed by atoms with Crippen molar-refractivity contribution in [1.82, 2.24) is 24.7 Å².